The lowest BCUT2D eigenvalue weighted by Crippen LogP contribution is -2.35. The van der Waals surface area contributed by atoms with Crippen LogP contribution in [0.2, 0.25) is 10.0 Å². The van der Waals surface area contributed by atoms with E-state index in [-0.39, 0.29) is 41.1 Å². The molecule has 1 N–H and O–H groups in total. The molecule has 7 heteroatoms. The molecular weight excluding hydrogens is 415 g/mol. The molecule has 1 atom stereocenters. The van der Waals surface area contributed by atoms with Crippen LogP contribution in [0.5, 0.6) is 5.75 Å². The molecule has 0 amide bonds. The van der Waals surface area contributed by atoms with E-state index in [1.165, 1.54) is 12.8 Å². The van der Waals surface area contributed by atoms with Crippen molar-refractivity contribution in [1.82, 2.24) is 0 Å². The molecule has 160 valence electrons. The summed E-state index contributed by atoms with van der Waals surface area (Å²) in [4.78, 5) is 24.1. The molecular formula is C22H28Cl2O5. The summed E-state index contributed by atoms with van der Waals surface area (Å²) in [7, 11) is 0. The molecule has 3 rings (SSSR count). The molecule has 1 aromatic rings. The molecule has 1 fully saturated rings. The van der Waals surface area contributed by atoms with E-state index in [2.05, 4.69) is 6.92 Å². The molecule has 2 aliphatic carbocycles. The molecule has 1 aromatic carbocycles. The second-order valence-electron chi connectivity index (χ2n) is 8.08. The number of hydrogen-bond donors (Lipinski definition) is 1. The molecule has 0 saturated heterocycles. The average molecular weight is 443 g/mol. The van der Waals surface area contributed by atoms with E-state index in [4.69, 9.17) is 37.8 Å². The van der Waals surface area contributed by atoms with Crippen molar-refractivity contribution < 1.29 is 24.2 Å². The molecule has 2 aliphatic rings. The number of ether oxygens (including phenoxy) is 2. The number of Topliss-reactive ketones (excluding diaryl/α,β-unsaturated/α-hetero) is 1. The number of hydrogen-bond acceptors (Lipinski definition) is 4. The number of rotatable bonds is 10. The fourth-order valence-electron chi connectivity index (χ4n) is 4.89. The van der Waals surface area contributed by atoms with Crippen LogP contribution in [0.4, 0.5) is 0 Å². The zero-order valence-electron chi connectivity index (χ0n) is 16.8. The summed E-state index contributed by atoms with van der Waals surface area (Å²) >= 11 is 13.0. The molecule has 0 heterocycles. The van der Waals surface area contributed by atoms with Gasteiger partial charge >= 0.3 is 5.97 Å². The van der Waals surface area contributed by atoms with E-state index in [0.29, 0.717) is 23.7 Å². The third kappa shape index (κ3) is 4.57. The molecule has 0 bridgehead atoms. The predicted molar refractivity (Wildman–Crippen MR) is 112 cm³/mol. The first kappa shape index (κ1) is 22.4. The molecule has 29 heavy (non-hydrogen) atoms. The number of halogens is 2. The monoisotopic (exact) mass is 442 g/mol. The van der Waals surface area contributed by atoms with Gasteiger partial charge in [0.05, 0.1) is 11.6 Å². The summed E-state index contributed by atoms with van der Waals surface area (Å²) in [5, 5.41) is 9.11. The maximum Gasteiger partial charge on any atom is 0.329 e. The Morgan fingerprint density at radius 3 is 2.62 bits per heavy atom. The highest BCUT2D eigenvalue weighted by atomic mass is 35.5. The van der Waals surface area contributed by atoms with Gasteiger partial charge in [0.1, 0.15) is 24.0 Å². The Kier molecular flexibility index (Phi) is 7.47. The maximum absolute atomic E-state index is 13.6. The zero-order valence-corrected chi connectivity index (χ0v) is 18.3. The van der Waals surface area contributed by atoms with Gasteiger partial charge in [-0.2, -0.15) is 0 Å². The highest BCUT2D eigenvalue weighted by Crippen LogP contribution is 2.54. The highest BCUT2D eigenvalue weighted by molar-refractivity contribution is 6.45. The first-order chi connectivity index (χ1) is 13.9. The van der Waals surface area contributed by atoms with Gasteiger partial charge in [0, 0.05) is 11.0 Å². The second-order valence-corrected chi connectivity index (χ2v) is 8.83. The Hall–Kier alpha value is -1.30. The highest BCUT2D eigenvalue weighted by Gasteiger charge is 2.51. The van der Waals surface area contributed by atoms with Gasteiger partial charge in [-0.05, 0) is 43.2 Å². The molecule has 5 nitrogen and oxygen atoms in total. The Balaban J connectivity index is 1.82. The van der Waals surface area contributed by atoms with Gasteiger partial charge in [-0.25, -0.2) is 4.79 Å². The van der Waals surface area contributed by atoms with Crippen molar-refractivity contribution in [2.75, 3.05) is 19.8 Å². The molecule has 1 unspecified atom stereocenters. The van der Waals surface area contributed by atoms with E-state index in [0.717, 1.165) is 37.7 Å². The predicted octanol–water partition coefficient (Wildman–Crippen LogP) is 5.58. The van der Waals surface area contributed by atoms with E-state index < -0.39 is 5.97 Å². The first-order valence-corrected chi connectivity index (χ1v) is 11.1. The van der Waals surface area contributed by atoms with Crippen LogP contribution in [0.25, 0.3) is 0 Å². The lowest BCUT2D eigenvalue weighted by atomic mass is 9.68. The van der Waals surface area contributed by atoms with E-state index in [1.54, 1.807) is 0 Å². The average Bonchev–Trinajstić information content (AvgIpc) is 3.31. The third-order valence-corrected chi connectivity index (χ3v) is 7.11. The van der Waals surface area contributed by atoms with Crippen molar-refractivity contribution in [3.63, 3.8) is 0 Å². The minimum Gasteiger partial charge on any atom is -0.490 e. The minimum absolute atomic E-state index is 0.124. The third-order valence-electron chi connectivity index (χ3n) is 6.26. The number of carbonyl (C=O) groups is 2. The van der Waals surface area contributed by atoms with Gasteiger partial charge in [0.25, 0.3) is 0 Å². The molecule has 0 spiro atoms. The molecule has 0 aliphatic heterocycles. The number of ketones is 1. The van der Waals surface area contributed by atoms with E-state index in [1.807, 2.05) is 6.07 Å². The first-order valence-electron chi connectivity index (χ1n) is 10.4. The van der Waals surface area contributed by atoms with Gasteiger partial charge < -0.3 is 14.6 Å². The number of unbranched alkanes of at least 4 members (excludes halogenated alkanes) is 1. The van der Waals surface area contributed by atoms with Crippen molar-refractivity contribution in [3.8, 4) is 5.75 Å². The maximum atomic E-state index is 13.6. The molecule has 0 radical (unpaired) electrons. The topological polar surface area (TPSA) is 72.8 Å². The smallest absolute Gasteiger partial charge is 0.329 e. The number of benzene rings is 1. The van der Waals surface area contributed by atoms with Crippen LogP contribution in [-0.2, 0) is 16.0 Å². The number of carboxylic acid groups (broad SMARTS) is 1. The van der Waals surface area contributed by atoms with E-state index in [9.17, 15) is 9.59 Å². The normalized spacial score (nSPS) is 21.6. The van der Waals surface area contributed by atoms with Crippen LogP contribution < -0.4 is 4.74 Å². The number of aliphatic carboxylic acids is 1. The van der Waals surface area contributed by atoms with Crippen molar-refractivity contribution in [2.24, 2.45) is 11.3 Å². The zero-order chi connectivity index (χ0) is 21.0. The Morgan fingerprint density at radius 1 is 1.24 bits per heavy atom. The van der Waals surface area contributed by atoms with Crippen molar-refractivity contribution in [2.45, 2.75) is 58.3 Å². The largest absolute Gasteiger partial charge is 0.490 e. The standard InChI is InChI=1S/C22H28Cl2O5/c1-2-3-8-22(15-6-4-5-7-15)12-14-11-16(29-10-9-28-13-17(25)26)19(23)20(24)18(14)21(22)27/h11,15H,2-10,12-13H2,1H3,(H,25,26). The van der Waals surface area contributed by atoms with Crippen LogP contribution in [0.15, 0.2) is 6.07 Å². The second kappa shape index (κ2) is 9.67. The Morgan fingerprint density at radius 2 is 1.97 bits per heavy atom. The summed E-state index contributed by atoms with van der Waals surface area (Å²) in [6.07, 6.45) is 8.20. The Labute approximate surface area is 181 Å². The van der Waals surface area contributed by atoms with Crippen LogP contribution in [-0.4, -0.2) is 36.7 Å². The summed E-state index contributed by atoms with van der Waals surface area (Å²) in [5.74, 6) is -0.0639. The summed E-state index contributed by atoms with van der Waals surface area (Å²) in [6.45, 7) is 2.05. The van der Waals surface area contributed by atoms with Crippen LogP contribution in [0.3, 0.4) is 0 Å². The fraction of sp³-hybridized carbons (Fsp3) is 0.636. The summed E-state index contributed by atoms with van der Waals surface area (Å²) in [6, 6.07) is 1.83. The number of fused-ring (bicyclic) bond motifs is 1. The summed E-state index contributed by atoms with van der Waals surface area (Å²) in [5.41, 5.74) is 1.10. The van der Waals surface area contributed by atoms with Crippen molar-refractivity contribution in [1.29, 1.82) is 0 Å². The van der Waals surface area contributed by atoms with Gasteiger partial charge in [-0.3, -0.25) is 4.79 Å². The fourth-order valence-corrected chi connectivity index (χ4v) is 5.39. The quantitative estimate of drug-likeness (QED) is 0.478. The van der Waals surface area contributed by atoms with Crippen LogP contribution in [0.1, 0.15) is 67.8 Å². The Bertz CT molecular complexity index is 773. The van der Waals surface area contributed by atoms with E-state index >= 15 is 0 Å². The van der Waals surface area contributed by atoms with Crippen molar-refractivity contribution in [3.05, 3.63) is 27.2 Å². The van der Waals surface area contributed by atoms with Crippen molar-refractivity contribution >= 4 is 35.0 Å². The van der Waals surface area contributed by atoms with Gasteiger partial charge in [-0.15, -0.1) is 0 Å². The lowest BCUT2D eigenvalue weighted by molar-refractivity contribution is -0.142. The number of carboxylic acids is 1. The SMILES string of the molecule is CCCCC1(C2CCCC2)Cc2cc(OCCOCC(=O)O)c(Cl)c(Cl)c2C1=O. The lowest BCUT2D eigenvalue weighted by Gasteiger charge is -2.34. The minimum atomic E-state index is -1.03. The van der Waals surface area contributed by atoms with Gasteiger partial charge in [0.15, 0.2) is 5.78 Å². The van der Waals surface area contributed by atoms with Gasteiger partial charge in [0.2, 0.25) is 0 Å². The van der Waals surface area contributed by atoms with Crippen LogP contribution in [0, 0.1) is 11.3 Å². The number of carbonyl (C=O) groups excluding carboxylic acids is 1. The van der Waals surface area contributed by atoms with Gasteiger partial charge in [-0.1, -0.05) is 55.8 Å². The molecule has 0 aromatic heterocycles. The van der Waals surface area contributed by atoms with Crippen LogP contribution >= 0.6 is 23.2 Å². The molecule has 1 saturated carbocycles. The summed E-state index contributed by atoms with van der Waals surface area (Å²) < 4.78 is 10.7.